The smallest absolute Gasteiger partial charge is 0.269 e. The number of nitrogens with one attached hydrogen (secondary N) is 1. The lowest BCUT2D eigenvalue weighted by molar-refractivity contribution is -0.384. The van der Waals surface area contributed by atoms with Crippen LogP contribution in [0.3, 0.4) is 0 Å². The Morgan fingerprint density at radius 1 is 1.23 bits per heavy atom. The van der Waals surface area contributed by atoms with E-state index < -0.39 is 4.92 Å². The molecule has 2 aromatic carbocycles. The van der Waals surface area contributed by atoms with E-state index in [1.54, 1.807) is 13.0 Å². The fourth-order valence-corrected chi connectivity index (χ4v) is 4.08. The van der Waals surface area contributed by atoms with Gasteiger partial charge in [-0.05, 0) is 42.7 Å². The summed E-state index contributed by atoms with van der Waals surface area (Å²) >= 11 is 1.36. The fraction of sp³-hybridized carbons (Fsp3) is 0.238. The van der Waals surface area contributed by atoms with Gasteiger partial charge in [-0.1, -0.05) is 18.7 Å². The number of nitro groups is 1. The molecule has 0 atom stereocenters. The molecule has 0 radical (unpaired) electrons. The quantitative estimate of drug-likeness (QED) is 0.353. The van der Waals surface area contributed by atoms with Crippen LogP contribution in [0.15, 0.2) is 41.4 Å². The van der Waals surface area contributed by atoms with Crippen molar-refractivity contribution >= 4 is 39.9 Å². The van der Waals surface area contributed by atoms with E-state index in [2.05, 4.69) is 11.4 Å². The van der Waals surface area contributed by atoms with Crippen molar-refractivity contribution in [3.63, 3.8) is 0 Å². The normalized spacial score (nSPS) is 12.2. The number of amides is 1. The number of hydrogen-bond acceptors (Lipinski definition) is 7. The molecular formula is C21H19N3O5S. The lowest BCUT2D eigenvalue weighted by atomic mass is 10.1. The van der Waals surface area contributed by atoms with Crippen molar-refractivity contribution < 1.29 is 19.2 Å². The van der Waals surface area contributed by atoms with Crippen molar-refractivity contribution in [2.45, 2.75) is 25.3 Å². The number of aromatic nitrogens is 1. The number of hydrogen-bond donors (Lipinski definition) is 1. The summed E-state index contributed by atoms with van der Waals surface area (Å²) in [5, 5.41) is 15.4. The largest absolute Gasteiger partial charge is 0.454 e. The lowest BCUT2D eigenvalue weighted by Crippen LogP contribution is -2.15. The van der Waals surface area contributed by atoms with E-state index in [-0.39, 0.29) is 24.1 Å². The molecule has 0 unspecified atom stereocenters. The molecular weight excluding hydrogens is 406 g/mol. The van der Waals surface area contributed by atoms with Crippen LogP contribution >= 0.6 is 11.8 Å². The molecule has 1 aromatic heterocycles. The zero-order valence-electron chi connectivity index (χ0n) is 16.4. The number of benzene rings is 2. The molecule has 1 aliphatic rings. The van der Waals surface area contributed by atoms with Crippen LogP contribution in [0.4, 0.5) is 11.4 Å². The van der Waals surface area contributed by atoms with E-state index in [4.69, 9.17) is 14.5 Å². The topological polar surface area (TPSA) is 104 Å². The summed E-state index contributed by atoms with van der Waals surface area (Å²) in [6.07, 6.45) is 0.781. The summed E-state index contributed by atoms with van der Waals surface area (Å²) in [5.41, 5.74) is 3.02. The number of nitrogens with zero attached hydrogens (tertiary/aromatic N) is 2. The highest BCUT2D eigenvalue weighted by molar-refractivity contribution is 8.00. The number of carbonyl (C=O) groups is 1. The van der Waals surface area contributed by atoms with Gasteiger partial charge in [-0.3, -0.25) is 14.9 Å². The minimum atomic E-state index is -0.460. The Bertz CT molecular complexity index is 1170. The Hall–Kier alpha value is -3.33. The maximum atomic E-state index is 12.4. The van der Waals surface area contributed by atoms with E-state index in [0.717, 1.165) is 27.9 Å². The van der Waals surface area contributed by atoms with E-state index in [1.807, 2.05) is 19.1 Å². The van der Waals surface area contributed by atoms with Gasteiger partial charge in [0.15, 0.2) is 11.5 Å². The minimum absolute atomic E-state index is 0.00584. The lowest BCUT2D eigenvalue weighted by Gasteiger charge is -2.11. The second-order valence-corrected chi connectivity index (χ2v) is 7.76. The third kappa shape index (κ3) is 4.02. The molecule has 1 amide bonds. The Balaban J connectivity index is 1.49. The van der Waals surface area contributed by atoms with Crippen LogP contribution in [0, 0.1) is 17.0 Å². The van der Waals surface area contributed by atoms with Gasteiger partial charge in [0.1, 0.15) is 5.03 Å². The Kier molecular flexibility index (Phi) is 5.45. The van der Waals surface area contributed by atoms with Crippen molar-refractivity contribution in [1.29, 1.82) is 0 Å². The zero-order valence-corrected chi connectivity index (χ0v) is 17.2. The Morgan fingerprint density at radius 2 is 2.00 bits per heavy atom. The van der Waals surface area contributed by atoms with Crippen LogP contribution in [0.25, 0.3) is 10.9 Å². The monoisotopic (exact) mass is 425 g/mol. The number of aryl methyl sites for hydroxylation is 2. The van der Waals surface area contributed by atoms with Crippen molar-refractivity contribution in [3.8, 4) is 11.5 Å². The van der Waals surface area contributed by atoms with Crippen molar-refractivity contribution in [2.24, 2.45) is 0 Å². The number of non-ortho nitro benzene ring substituents is 1. The van der Waals surface area contributed by atoms with Crippen LogP contribution in [0.1, 0.15) is 18.1 Å². The van der Waals surface area contributed by atoms with Crippen molar-refractivity contribution in [1.82, 2.24) is 4.98 Å². The fourth-order valence-electron chi connectivity index (χ4n) is 3.19. The SMILES string of the molecule is CCc1cc2cc3c(cc2nc1SCC(=O)Nc1ccc([N+](=O)[O-])cc1C)OCO3. The summed E-state index contributed by atoms with van der Waals surface area (Å²) < 4.78 is 10.9. The molecule has 3 aromatic rings. The second kappa shape index (κ2) is 8.19. The first-order valence-electron chi connectivity index (χ1n) is 9.35. The number of fused-ring (bicyclic) bond motifs is 2. The summed E-state index contributed by atoms with van der Waals surface area (Å²) in [5.74, 6) is 1.35. The molecule has 0 bridgehead atoms. The highest BCUT2D eigenvalue weighted by atomic mass is 32.2. The van der Waals surface area contributed by atoms with E-state index in [0.29, 0.717) is 22.7 Å². The number of anilines is 1. The van der Waals surface area contributed by atoms with Gasteiger partial charge in [0, 0.05) is 29.3 Å². The van der Waals surface area contributed by atoms with Crippen molar-refractivity contribution in [3.05, 3.63) is 57.6 Å². The first-order chi connectivity index (χ1) is 14.4. The molecule has 0 saturated carbocycles. The van der Waals surface area contributed by atoms with E-state index in [1.165, 1.54) is 23.9 Å². The predicted molar refractivity (Wildman–Crippen MR) is 114 cm³/mol. The molecule has 9 heteroatoms. The first kappa shape index (κ1) is 20.0. The number of ether oxygens (including phenoxy) is 2. The molecule has 0 spiro atoms. The highest BCUT2D eigenvalue weighted by Crippen LogP contribution is 2.37. The Morgan fingerprint density at radius 3 is 2.70 bits per heavy atom. The predicted octanol–water partition coefficient (Wildman–Crippen LogP) is 4.47. The molecule has 4 rings (SSSR count). The van der Waals surface area contributed by atoms with Crippen LogP contribution in [-0.4, -0.2) is 28.4 Å². The minimum Gasteiger partial charge on any atom is -0.454 e. The maximum absolute atomic E-state index is 12.4. The maximum Gasteiger partial charge on any atom is 0.269 e. The second-order valence-electron chi connectivity index (χ2n) is 6.80. The molecule has 0 saturated heterocycles. The summed E-state index contributed by atoms with van der Waals surface area (Å²) in [6, 6.07) is 10.2. The number of nitro benzene ring substituents is 1. The van der Waals surface area contributed by atoms with Crippen LogP contribution in [0.2, 0.25) is 0 Å². The average Bonchev–Trinajstić information content (AvgIpc) is 3.18. The average molecular weight is 425 g/mol. The third-order valence-corrected chi connectivity index (χ3v) is 5.80. The van der Waals surface area contributed by atoms with E-state index in [9.17, 15) is 14.9 Å². The molecule has 30 heavy (non-hydrogen) atoms. The number of pyridine rings is 1. The molecule has 8 nitrogen and oxygen atoms in total. The number of rotatable bonds is 6. The third-order valence-electron chi connectivity index (χ3n) is 4.76. The summed E-state index contributed by atoms with van der Waals surface area (Å²) in [4.78, 5) is 27.6. The van der Waals surface area contributed by atoms with Gasteiger partial charge < -0.3 is 14.8 Å². The standard InChI is InChI=1S/C21H19N3O5S/c1-3-13-7-14-8-18-19(29-11-28-18)9-17(14)23-21(13)30-10-20(25)22-16-5-4-15(24(26)27)6-12(16)2/h4-9H,3,10-11H2,1-2H3,(H,22,25). The Labute approximate surface area is 176 Å². The molecule has 1 N–H and O–H groups in total. The number of carbonyl (C=O) groups excluding carboxylic acids is 1. The van der Waals surface area contributed by atoms with Crippen molar-refractivity contribution in [2.75, 3.05) is 17.9 Å². The van der Waals surface area contributed by atoms with Gasteiger partial charge in [0.05, 0.1) is 16.2 Å². The molecule has 0 fully saturated rings. The molecule has 1 aliphatic heterocycles. The van der Waals surface area contributed by atoms with Gasteiger partial charge in [0.2, 0.25) is 12.7 Å². The van der Waals surface area contributed by atoms with Gasteiger partial charge in [0.25, 0.3) is 5.69 Å². The molecule has 0 aliphatic carbocycles. The van der Waals surface area contributed by atoms with E-state index >= 15 is 0 Å². The van der Waals surface area contributed by atoms with Crippen LogP contribution < -0.4 is 14.8 Å². The van der Waals surface area contributed by atoms with Gasteiger partial charge >= 0.3 is 0 Å². The van der Waals surface area contributed by atoms with Gasteiger partial charge in [-0.15, -0.1) is 0 Å². The first-order valence-corrected chi connectivity index (χ1v) is 10.3. The number of thioether (sulfide) groups is 1. The zero-order chi connectivity index (χ0) is 21.3. The molecule has 154 valence electrons. The highest BCUT2D eigenvalue weighted by Gasteiger charge is 2.17. The van der Waals surface area contributed by atoms with Gasteiger partial charge in [-0.25, -0.2) is 4.98 Å². The van der Waals surface area contributed by atoms with Crippen LogP contribution in [-0.2, 0) is 11.2 Å². The van der Waals surface area contributed by atoms with Gasteiger partial charge in [-0.2, -0.15) is 0 Å². The summed E-state index contributed by atoms with van der Waals surface area (Å²) in [6.45, 7) is 3.97. The van der Waals surface area contributed by atoms with Crippen LogP contribution in [0.5, 0.6) is 11.5 Å². The summed E-state index contributed by atoms with van der Waals surface area (Å²) in [7, 11) is 0. The molecule has 2 heterocycles.